The number of amides is 1. The number of para-hydroxylation sites is 1. The van der Waals surface area contributed by atoms with Crippen molar-refractivity contribution in [2.45, 2.75) is 92.5 Å². The first-order chi connectivity index (χ1) is 27.3. The summed E-state index contributed by atoms with van der Waals surface area (Å²) in [6, 6.07) is 5.22. The molecule has 4 bridgehead atoms. The zero-order valence-electron chi connectivity index (χ0n) is 34.2. The standard InChI is InChI=1S/C44H50N2O12/c1-19-13-12-16-28-32(19)45-33-29-30-37(50)25(7)40-31(29)42(52)44(9,58-40)55-18-17-27(54-10)22(4)39(56-26(8)47)24(6)36(49)23(5)35(48)20(2)14-11-15-21(3)43(53)46-34(38(30)51)41(33)57-28/h11-18,20,22-24,27,35-36,39,48-50H,1-10H3,(H,46,53)/b14-11+,18-17+,21-15-/t20-,22+,23+,24+,27-,35-,36+,39+,44-/m0/s1. The summed E-state index contributed by atoms with van der Waals surface area (Å²) in [5.74, 6) is -7.06. The third kappa shape index (κ3) is 7.24. The number of Topliss-reactive ketones (excluding diaryl/α,β-unsaturated/α-hetero) is 1. The van der Waals surface area contributed by atoms with E-state index in [9.17, 15) is 34.5 Å². The van der Waals surface area contributed by atoms with Crippen LogP contribution in [0.25, 0.3) is 33.3 Å². The molecule has 14 nitrogen and oxygen atoms in total. The molecule has 4 N–H and O–H groups in total. The summed E-state index contributed by atoms with van der Waals surface area (Å²) in [5, 5.41) is 36.9. The second-order valence-electron chi connectivity index (χ2n) is 15.6. The maximum atomic E-state index is 14.6. The summed E-state index contributed by atoms with van der Waals surface area (Å²) < 4.78 is 30.1. The topological polar surface area (TPSA) is 204 Å². The molecule has 4 aliphatic rings. The molecule has 0 unspecified atom stereocenters. The van der Waals surface area contributed by atoms with Gasteiger partial charge in [0.05, 0.1) is 35.5 Å². The van der Waals surface area contributed by atoms with E-state index in [4.69, 9.17) is 28.3 Å². The van der Waals surface area contributed by atoms with Gasteiger partial charge in [-0.2, -0.15) is 0 Å². The number of ether oxygens (including phenoxy) is 4. The van der Waals surface area contributed by atoms with Crippen LogP contribution in [0.15, 0.2) is 63.6 Å². The van der Waals surface area contributed by atoms with E-state index >= 15 is 0 Å². The predicted octanol–water partition coefficient (Wildman–Crippen LogP) is 6.26. The molecule has 308 valence electrons. The lowest BCUT2D eigenvalue weighted by Gasteiger charge is -2.38. The van der Waals surface area contributed by atoms with Gasteiger partial charge in [0.1, 0.15) is 34.5 Å². The molecule has 58 heavy (non-hydrogen) atoms. The number of esters is 1. The third-order valence-corrected chi connectivity index (χ3v) is 11.6. The smallest absolute Gasteiger partial charge is 0.312 e. The van der Waals surface area contributed by atoms with Gasteiger partial charge in [0, 0.05) is 61.2 Å². The number of fused-ring (bicyclic) bond motifs is 2. The highest BCUT2D eigenvalue weighted by molar-refractivity contribution is 6.22. The number of carbonyl (C=O) groups excluding carboxylic acids is 3. The van der Waals surface area contributed by atoms with Crippen LogP contribution in [0.3, 0.4) is 0 Å². The Morgan fingerprint density at radius 1 is 0.966 bits per heavy atom. The number of carbonyl (C=O) groups is 3. The van der Waals surface area contributed by atoms with Gasteiger partial charge in [-0.05, 0) is 38.5 Å². The minimum Gasteiger partial charge on any atom is -0.507 e. The molecule has 0 saturated carbocycles. The van der Waals surface area contributed by atoms with Crippen LogP contribution in [0.4, 0.5) is 5.69 Å². The predicted molar refractivity (Wildman–Crippen MR) is 216 cm³/mol. The van der Waals surface area contributed by atoms with Gasteiger partial charge >= 0.3 is 11.8 Å². The number of aromatic nitrogens is 1. The third-order valence-electron chi connectivity index (χ3n) is 11.6. The summed E-state index contributed by atoms with van der Waals surface area (Å²) in [6.45, 7) is 14.4. The van der Waals surface area contributed by atoms with E-state index in [0.717, 1.165) is 5.56 Å². The number of aliphatic hydroxyl groups is 2. The number of allylic oxidation sites excluding steroid dienone is 2. The van der Waals surface area contributed by atoms with Crippen LogP contribution < -0.4 is 15.5 Å². The fraction of sp³-hybridized carbons (Fsp3) is 0.432. The number of aromatic hydroxyl groups is 1. The van der Waals surface area contributed by atoms with Crippen LogP contribution in [-0.4, -0.2) is 75.3 Å². The average molecular weight is 799 g/mol. The van der Waals surface area contributed by atoms with Gasteiger partial charge in [-0.1, -0.05) is 58.1 Å². The summed E-state index contributed by atoms with van der Waals surface area (Å²) in [4.78, 5) is 60.1. The van der Waals surface area contributed by atoms with E-state index in [1.807, 2.05) is 13.0 Å². The second-order valence-corrected chi connectivity index (χ2v) is 15.6. The number of aryl methyl sites for hydroxylation is 1. The Labute approximate surface area is 335 Å². The van der Waals surface area contributed by atoms with E-state index in [-0.39, 0.29) is 50.4 Å². The summed E-state index contributed by atoms with van der Waals surface area (Å²) in [5.41, 5.74) is 0.517. The largest absolute Gasteiger partial charge is 0.507 e. The minimum absolute atomic E-state index is 0.0176. The molecule has 0 fully saturated rings. The van der Waals surface area contributed by atoms with E-state index in [2.05, 4.69) is 5.32 Å². The Balaban J connectivity index is 1.59. The van der Waals surface area contributed by atoms with Gasteiger partial charge in [0.2, 0.25) is 5.43 Å². The van der Waals surface area contributed by atoms with Gasteiger partial charge < -0.3 is 44.0 Å². The average Bonchev–Trinajstić information content (AvgIpc) is 3.45. The van der Waals surface area contributed by atoms with Crippen LogP contribution in [0.1, 0.15) is 70.0 Å². The number of hydrogen-bond donors (Lipinski definition) is 4. The van der Waals surface area contributed by atoms with Gasteiger partial charge in [0.25, 0.3) is 11.7 Å². The van der Waals surface area contributed by atoms with Crippen molar-refractivity contribution in [1.29, 1.82) is 0 Å². The number of phenols is 1. The molecule has 1 aliphatic carbocycles. The molecular weight excluding hydrogens is 748 g/mol. The van der Waals surface area contributed by atoms with Crippen molar-refractivity contribution in [2.24, 2.45) is 23.7 Å². The number of nitrogens with zero attached hydrogens (tertiary/aromatic N) is 1. The van der Waals surface area contributed by atoms with Gasteiger partial charge in [-0.15, -0.1) is 0 Å². The maximum absolute atomic E-state index is 14.6. The SMILES string of the molecule is CO[C@H]1/C=C/O[C@@]2(C)Oc3c(C)c(O)c4c(=O)c(c5oc6cccc(C)c6nc-5c4c3C2=O)NC(=O)/C(C)=C\C=C\[C@H](C)[C@H](O)[C@@H](C)[C@@H](O)[C@@H](C)[C@H](OC(C)=O)[C@@H]1C. The highest BCUT2D eigenvalue weighted by atomic mass is 16.7. The summed E-state index contributed by atoms with van der Waals surface area (Å²) in [6.07, 6.45) is 3.66. The van der Waals surface area contributed by atoms with Gasteiger partial charge in [-0.25, -0.2) is 4.98 Å². The van der Waals surface area contributed by atoms with Crippen LogP contribution >= 0.6 is 0 Å². The van der Waals surface area contributed by atoms with Crippen molar-refractivity contribution in [3.8, 4) is 23.0 Å². The molecule has 6 rings (SSSR count). The Morgan fingerprint density at radius 3 is 2.34 bits per heavy atom. The van der Waals surface area contributed by atoms with Crippen molar-refractivity contribution < 1.29 is 53.1 Å². The normalized spacial score (nSPS) is 30.4. The highest BCUT2D eigenvalue weighted by Gasteiger charge is 2.50. The Hall–Kier alpha value is -5.57. The molecule has 14 heteroatoms. The summed E-state index contributed by atoms with van der Waals surface area (Å²) in [7, 11) is 1.45. The van der Waals surface area contributed by atoms with E-state index in [1.54, 1.807) is 52.0 Å². The zero-order valence-corrected chi connectivity index (χ0v) is 34.2. The van der Waals surface area contributed by atoms with E-state index in [1.165, 1.54) is 53.2 Å². The number of hydrogen-bond acceptors (Lipinski definition) is 13. The number of aliphatic hydroxyl groups excluding tert-OH is 2. The zero-order chi connectivity index (χ0) is 42.5. The van der Waals surface area contributed by atoms with Crippen molar-refractivity contribution in [3.05, 3.63) is 81.3 Å². The van der Waals surface area contributed by atoms with Crippen LogP contribution in [0.5, 0.6) is 11.5 Å². The monoisotopic (exact) mass is 798 g/mol. The van der Waals surface area contributed by atoms with Crippen LogP contribution in [-0.2, 0) is 23.8 Å². The Morgan fingerprint density at radius 2 is 1.67 bits per heavy atom. The number of nitrogens with one attached hydrogen (secondary N) is 1. The molecule has 2 aromatic carbocycles. The number of ketones is 1. The number of rotatable bonds is 2. The van der Waals surface area contributed by atoms with Crippen LogP contribution in [0.2, 0.25) is 0 Å². The van der Waals surface area contributed by atoms with Crippen molar-refractivity contribution in [3.63, 3.8) is 0 Å². The Kier molecular flexibility index (Phi) is 11.6. The molecule has 2 aromatic rings. The fourth-order valence-electron chi connectivity index (χ4n) is 7.96. The number of phenolic OH excluding ortho intramolecular Hbond substituents is 1. The lowest BCUT2D eigenvalue weighted by molar-refractivity contribution is -0.160. The molecule has 1 amide bonds. The molecule has 3 aliphatic heterocycles. The molecule has 3 heterocycles. The van der Waals surface area contributed by atoms with Crippen molar-refractivity contribution in [1.82, 2.24) is 4.98 Å². The summed E-state index contributed by atoms with van der Waals surface area (Å²) >= 11 is 0. The molecule has 0 radical (unpaired) electrons. The molecular formula is C44H50N2O12. The quantitative estimate of drug-likeness (QED) is 0.101. The molecule has 0 aromatic heterocycles. The van der Waals surface area contributed by atoms with Crippen molar-refractivity contribution >= 4 is 45.2 Å². The molecule has 0 saturated heterocycles. The van der Waals surface area contributed by atoms with Gasteiger partial charge in [0.15, 0.2) is 11.3 Å². The highest BCUT2D eigenvalue weighted by Crippen LogP contribution is 2.50. The first kappa shape index (κ1) is 42.0. The van der Waals surface area contributed by atoms with Gasteiger partial charge in [-0.3, -0.25) is 19.2 Å². The first-order valence-corrected chi connectivity index (χ1v) is 19.2. The number of anilines is 1. The Bertz CT molecular complexity index is 2430. The fourth-order valence-corrected chi connectivity index (χ4v) is 7.96. The number of methoxy groups -OCH3 is 1. The minimum atomic E-state index is -2.01. The molecule has 9 atom stereocenters. The first-order valence-electron chi connectivity index (χ1n) is 19.2. The van der Waals surface area contributed by atoms with E-state index in [0.29, 0.717) is 11.1 Å². The maximum Gasteiger partial charge on any atom is 0.312 e. The van der Waals surface area contributed by atoms with Crippen LogP contribution in [0, 0.1) is 37.5 Å². The lowest BCUT2D eigenvalue weighted by atomic mass is 9.78. The molecule has 0 spiro atoms. The number of benzene rings is 3. The van der Waals surface area contributed by atoms with E-state index < -0.39 is 82.7 Å². The van der Waals surface area contributed by atoms with Crippen molar-refractivity contribution in [2.75, 3.05) is 12.4 Å². The second kappa shape index (κ2) is 16.0. The lowest BCUT2D eigenvalue weighted by Crippen LogP contribution is -2.46.